The Hall–Kier alpha value is -3.06. The highest BCUT2D eigenvalue weighted by atomic mass is 16.7. The third kappa shape index (κ3) is 3.41. The maximum Gasteiger partial charge on any atom is 0.337 e. The summed E-state index contributed by atoms with van der Waals surface area (Å²) in [6.45, 7) is 4.13. The molecular formula is C21H22N2O5. The standard InChI is InChI=1S/C21H22N2O5/c1-14-20(24)23(17-7-8-18-19(11-17)28-13-27-18)10-9-22(14)12-15-3-5-16(6-4-15)21(25)26-2/h3-8,11,14H,9-10,12-13H2,1-2H3. The number of ether oxygens (including phenoxy) is 3. The number of fused-ring (bicyclic) bond motifs is 1. The lowest BCUT2D eigenvalue weighted by Gasteiger charge is -2.39. The summed E-state index contributed by atoms with van der Waals surface area (Å²) < 4.78 is 15.5. The van der Waals surface area contributed by atoms with Crippen LogP contribution in [0.2, 0.25) is 0 Å². The van der Waals surface area contributed by atoms with Crippen molar-refractivity contribution in [3.05, 3.63) is 53.6 Å². The van der Waals surface area contributed by atoms with Crippen molar-refractivity contribution in [3.63, 3.8) is 0 Å². The maximum atomic E-state index is 13.0. The number of esters is 1. The van der Waals surface area contributed by atoms with Gasteiger partial charge in [0.1, 0.15) is 0 Å². The minimum absolute atomic E-state index is 0.0521. The summed E-state index contributed by atoms with van der Waals surface area (Å²) >= 11 is 0. The third-order valence-corrected chi connectivity index (χ3v) is 5.21. The molecule has 146 valence electrons. The van der Waals surface area contributed by atoms with Gasteiger partial charge in [0.15, 0.2) is 11.5 Å². The van der Waals surface area contributed by atoms with Gasteiger partial charge in [-0.2, -0.15) is 0 Å². The molecule has 1 saturated heterocycles. The van der Waals surface area contributed by atoms with Crippen molar-refractivity contribution in [1.29, 1.82) is 0 Å². The van der Waals surface area contributed by atoms with Crippen molar-refractivity contribution < 1.29 is 23.8 Å². The number of nitrogens with zero attached hydrogens (tertiary/aromatic N) is 2. The first-order valence-electron chi connectivity index (χ1n) is 9.19. The summed E-state index contributed by atoms with van der Waals surface area (Å²) in [5, 5.41) is 0. The predicted octanol–water partition coefficient (Wildman–Crippen LogP) is 2.44. The Morgan fingerprint density at radius 2 is 1.86 bits per heavy atom. The number of amides is 1. The van der Waals surface area contributed by atoms with E-state index in [9.17, 15) is 9.59 Å². The Kier molecular flexibility index (Phi) is 4.92. The van der Waals surface area contributed by atoms with E-state index in [1.165, 1.54) is 7.11 Å². The fraction of sp³-hybridized carbons (Fsp3) is 0.333. The summed E-state index contributed by atoms with van der Waals surface area (Å²) in [4.78, 5) is 28.4. The fourth-order valence-electron chi connectivity index (χ4n) is 3.54. The first-order chi connectivity index (χ1) is 13.6. The SMILES string of the molecule is COC(=O)c1ccc(CN2CCN(c3ccc4c(c3)OCO4)C(=O)C2C)cc1. The highest BCUT2D eigenvalue weighted by molar-refractivity contribution is 5.98. The Morgan fingerprint density at radius 3 is 2.61 bits per heavy atom. The van der Waals surface area contributed by atoms with Crippen molar-refractivity contribution >= 4 is 17.6 Å². The van der Waals surface area contributed by atoms with Crippen molar-refractivity contribution in [2.24, 2.45) is 0 Å². The average Bonchev–Trinajstić information content (AvgIpc) is 3.19. The molecule has 1 fully saturated rings. The number of rotatable bonds is 4. The smallest absolute Gasteiger partial charge is 0.337 e. The van der Waals surface area contributed by atoms with Gasteiger partial charge >= 0.3 is 5.97 Å². The van der Waals surface area contributed by atoms with Crippen LogP contribution in [-0.2, 0) is 16.1 Å². The van der Waals surface area contributed by atoms with Crippen molar-refractivity contribution in [2.45, 2.75) is 19.5 Å². The highest BCUT2D eigenvalue weighted by Crippen LogP contribution is 2.36. The zero-order chi connectivity index (χ0) is 19.7. The van der Waals surface area contributed by atoms with Crippen LogP contribution in [0.25, 0.3) is 0 Å². The van der Waals surface area contributed by atoms with E-state index in [0.29, 0.717) is 30.2 Å². The molecule has 0 saturated carbocycles. The lowest BCUT2D eigenvalue weighted by molar-refractivity contribution is -0.125. The number of methoxy groups -OCH3 is 1. The predicted molar refractivity (Wildman–Crippen MR) is 103 cm³/mol. The van der Waals surface area contributed by atoms with E-state index >= 15 is 0 Å². The van der Waals surface area contributed by atoms with Crippen LogP contribution in [0.5, 0.6) is 11.5 Å². The van der Waals surface area contributed by atoms with Crippen molar-refractivity contribution in [3.8, 4) is 11.5 Å². The molecule has 7 nitrogen and oxygen atoms in total. The van der Waals surface area contributed by atoms with E-state index in [2.05, 4.69) is 4.90 Å². The lowest BCUT2D eigenvalue weighted by Crippen LogP contribution is -2.55. The Balaban J connectivity index is 1.44. The number of hydrogen-bond acceptors (Lipinski definition) is 6. The molecule has 0 aliphatic carbocycles. The van der Waals surface area contributed by atoms with Gasteiger partial charge in [0.2, 0.25) is 12.7 Å². The molecule has 7 heteroatoms. The number of benzene rings is 2. The van der Waals surface area contributed by atoms with E-state index in [1.807, 2.05) is 37.3 Å². The summed E-state index contributed by atoms with van der Waals surface area (Å²) in [5.74, 6) is 1.08. The molecule has 0 N–H and O–H groups in total. The quantitative estimate of drug-likeness (QED) is 0.757. The van der Waals surface area contributed by atoms with Gasteiger partial charge in [-0.1, -0.05) is 12.1 Å². The van der Waals surface area contributed by atoms with Crippen LogP contribution >= 0.6 is 0 Å². The monoisotopic (exact) mass is 382 g/mol. The molecule has 2 heterocycles. The van der Waals surface area contributed by atoms with Crippen LogP contribution in [-0.4, -0.2) is 49.8 Å². The molecule has 2 aromatic rings. The molecule has 0 spiro atoms. The van der Waals surface area contributed by atoms with Gasteiger partial charge in [-0.05, 0) is 36.8 Å². The highest BCUT2D eigenvalue weighted by Gasteiger charge is 2.32. The number of piperazine rings is 1. The summed E-state index contributed by atoms with van der Waals surface area (Å²) in [7, 11) is 1.36. The average molecular weight is 382 g/mol. The molecule has 0 radical (unpaired) electrons. The first kappa shape index (κ1) is 18.3. The molecule has 2 aromatic carbocycles. The van der Waals surface area contributed by atoms with E-state index in [4.69, 9.17) is 14.2 Å². The van der Waals surface area contributed by atoms with Crippen molar-refractivity contribution in [1.82, 2.24) is 4.90 Å². The third-order valence-electron chi connectivity index (χ3n) is 5.21. The minimum atomic E-state index is -0.354. The van der Waals surface area contributed by atoms with E-state index in [1.54, 1.807) is 17.0 Å². The van der Waals surface area contributed by atoms with Gasteiger partial charge in [0.25, 0.3) is 0 Å². The first-order valence-corrected chi connectivity index (χ1v) is 9.19. The molecule has 2 aliphatic rings. The fourth-order valence-corrected chi connectivity index (χ4v) is 3.54. The maximum absolute atomic E-state index is 13.0. The van der Waals surface area contributed by atoms with Gasteiger partial charge < -0.3 is 19.1 Å². The molecule has 1 amide bonds. The van der Waals surface area contributed by atoms with Crippen LogP contribution < -0.4 is 14.4 Å². The van der Waals surface area contributed by atoms with Gasteiger partial charge in [-0.15, -0.1) is 0 Å². The topological polar surface area (TPSA) is 68.3 Å². The van der Waals surface area contributed by atoms with Crippen LogP contribution in [0.15, 0.2) is 42.5 Å². The molecule has 0 bridgehead atoms. The van der Waals surface area contributed by atoms with E-state index < -0.39 is 0 Å². The molecule has 0 aromatic heterocycles. The zero-order valence-electron chi connectivity index (χ0n) is 15.9. The van der Waals surface area contributed by atoms with Crippen LogP contribution in [0.3, 0.4) is 0 Å². The van der Waals surface area contributed by atoms with Crippen molar-refractivity contribution in [2.75, 3.05) is 31.9 Å². The van der Waals surface area contributed by atoms with E-state index in [0.717, 1.165) is 17.8 Å². The van der Waals surface area contributed by atoms with Gasteiger partial charge in [0.05, 0.1) is 18.7 Å². The lowest BCUT2D eigenvalue weighted by atomic mass is 10.1. The second-order valence-corrected chi connectivity index (χ2v) is 6.86. The second-order valence-electron chi connectivity index (χ2n) is 6.86. The Morgan fingerprint density at radius 1 is 1.11 bits per heavy atom. The summed E-state index contributed by atoms with van der Waals surface area (Å²) in [6, 6.07) is 12.6. The Labute approximate surface area is 163 Å². The number of anilines is 1. The zero-order valence-corrected chi connectivity index (χ0v) is 15.9. The van der Waals surface area contributed by atoms with Crippen LogP contribution in [0.4, 0.5) is 5.69 Å². The molecule has 1 atom stereocenters. The van der Waals surface area contributed by atoms with Crippen LogP contribution in [0.1, 0.15) is 22.8 Å². The largest absolute Gasteiger partial charge is 0.465 e. The van der Waals surface area contributed by atoms with Gasteiger partial charge in [0, 0.05) is 31.4 Å². The summed E-state index contributed by atoms with van der Waals surface area (Å²) in [6.07, 6.45) is 0. The van der Waals surface area contributed by atoms with Crippen LogP contribution in [0, 0.1) is 0 Å². The Bertz CT molecular complexity index is 896. The second kappa shape index (κ2) is 7.52. The minimum Gasteiger partial charge on any atom is -0.465 e. The number of carbonyl (C=O) groups is 2. The summed E-state index contributed by atoms with van der Waals surface area (Å²) in [5.41, 5.74) is 2.38. The molecular weight excluding hydrogens is 360 g/mol. The molecule has 1 unspecified atom stereocenters. The molecule has 4 rings (SSSR count). The van der Waals surface area contributed by atoms with Gasteiger partial charge in [-0.3, -0.25) is 9.69 Å². The number of carbonyl (C=O) groups excluding carboxylic acids is 2. The normalized spacial score (nSPS) is 19.0. The van der Waals surface area contributed by atoms with E-state index in [-0.39, 0.29) is 24.7 Å². The molecule has 28 heavy (non-hydrogen) atoms. The molecule has 2 aliphatic heterocycles. The van der Waals surface area contributed by atoms with Gasteiger partial charge in [-0.25, -0.2) is 4.79 Å². The number of hydrogen-bond donors (Lipinski definition) is 0.